The van der Waals surface area contributed by atoms with Crippen molar-refractivity contribution in [2.45, 2.75) is 40.0 Å². The number of hydrogen-bond acceptors (Lipinski definition) is 1. The van der Waals surface area contributed by atoms with Crippen LogP contribution in [-0.4, -0.2) is 13.1 Å². The molecule has 1 N–H and O–H groups in total. The highest BCUT2D eigenvalue weighted by molar-refractivity contribution is 5.04. The monoisotopic (exact) mass is 167 g/mol. The maximum atomic E-state index is 3.52. The van der Waals surface area contributed by atoms with E-state index in [0.717, 1.165) is 5.92 Å². The smallest absolute Gasteiger partial charge is 0.00111 e. The average molecular weight is 167 g/mol. The van der Waals surface area contributed by atoms with Crippen molar-refractivity contribution in [1.82, 2.24) is 5.32 Å². The summed E-state index contributed by atoms with van der Waals surface area (Å²) >= 11 is 0. The Hall–Kier alpha value is -0.0400. The van der Waals surface area contributed by atoms with Gasteiger partial charge in [0, 0.05) is 6.54 Å². The molecule has 0 aromatic heterocycles. The lowest BCUT2D eigenvalue weighted by Gasteiger charge is -2.53. The van der Waals surface area contributed by atoms with Gasteiger partial charge in [0.1, 0.15) is 0 Å². The topological polar surface area (TPSA) is 12.0 Å². The molecule has 1 nitrogen and oxygen atoms in total. The molecule has 1 aliphatic carbocycles. The van der Waals surface area contributed by atoms with E-state index < -0.39 is 0 Å². The standard InChI is InChI=1S/C11H21N/c1-10(2,3)9-4-5-11(9)6-7-12-8-11/h9,12H,4-8H2,1-3H3/t9?,11-/m0/s1. The molecule has 1 heterocycles. The number of nitrogens with one attached hydrogen (secondary N) is 1. The first-order valence-corrected chi connectivity index (χ1v) is 5.25. The highest BCUT2D eigenvalue weighted by Crippen LogP contribution is 2.57. The molecule has 0 aromatic rings. The van der Waals surface area contributed by atoms with Gasteiger partial charge in [-0.25, -0.2) is 0 Å². The summed E-state index contributed by atoms with van der Waals surface area (Å²) in [5, 5.41) is 3.52. The Kier molecular flexibility index (Phi) is 1.76. The van der Waals surface area contributed by atoms with Crippen LogP contribution in [0.5, 0.6) is 0 Å². The van der Waals surface area contributed by atoms with Gasteiger partial charge in [0.25, 0.3) is 0 Å². The lowest BCUT2D eigenvalue weighted by Crippen LogP contribution is -2.48. The van der Waals surface area contributed by atoms with Gasteiger partial charge in [0.2, 0.25) is 0 Å². The molecule has 2 fully saturated rings. The van der Waals surface area contributed by atoms with Gasteiger partial charge in [-0.05, 0) is 42.6 Å². The highest BCUT2D eigenvalue weighted by atomic mass is 14.9. The minimum absolute atomic E-state index is 0.532. The van der Waals surface area contributed by atoms with E-state index in [-0.39, 0.29) is 0 Å². The summed E-state index contributed by atoms with van der Waals surface area (Å²) in [5.74, 6) is 0.972. The van der Waals surface area contributed by atoms with Crippen LogP contribution in [0.3, 0.4) is 0 Å². The van der Waals surface area contributed by atoms with E-state index in [1.54, 1.807) is 0 Å². The van der Waals surface area contributed by atoms with E-state index in [9.17, 15) is 0 Å². The van der Waals surface area contributed by atoms with Crippen molar-refractivity contribution in [1.29, 1.82) is 0 Å². The molecule has 1 unspecified atom stereocenters. The average Bonchev–Trinajstić information content (AvgIpc) is 2.28. The molecule has 70 valence electrons. The molecule has 12 heavy (non-hydrogen) atoms. The molecule has 1 saturated heterocycles. The second kappa shape index (κ2) is 2.47. The SMILES string of the molecule is CC(C)(C)C1CC[C@@]12CCNC2. The van der Waals surface area contributed by atoms with Crippen LogP contribution in [0, 0.1) is 16.7 Å². The van der Waals surface area contributed by atoms with Crippen molar-refractivity contribution >= 4 is 0 Å². The highest BCUT2D eigenvalue weighted by Gasteiger charge is 2.52. The van der Waals surface area contributed by atoms with Gasteiger partial charge in [0.05, 0.1) is 0 Å². The van der Waals surface area contributed by atoms with E-state index in [4.69, 9.17) is 0 Å². The van der Waals surface area contributed by atoms with E-state index in [1.807, 2.05) is 0 Å². The predicted molar refractivity (Wildman–Crippen MR) is 52.1 cm³/mol. The Morgan fingerprint density at radius 2 is 2.00 bits per heavy atom. The zero-order chi connectivity index (χ0) is 8.82. The van der Waals surface area contributed by atoms with Gasteiger partial charge in [-0.2, -0.15) is 0 Å². The van der Waals surface area contributed by atoms with Crippen molar-refractivity contribution in [3.8, 4) is 0 Å². The first-order chi connectivity index (χ1) is 5.55. The summed E-state index contributed by atoms with van der Waals surface area (Å²) in [6, 6.07) is 0. The zero-order valence-electron chi connectivity index (χ0n) is 8.61. The zero-order valence-corrected chi connectivity index (χ0v) is 8.61. The molecular weight excluding hydrogens is 146 g/mol. The summed E-state index contributed by atoms with van der Waals surface area (Å²) in [7, 11) is 0. The molecule has 1 saturated carbocycles. The van der Waals surface area contributed by atoms with Gasteiger partial charge in [-0.15, -0.1) is 0 Å². The van der Waals surface area contributed by atoms with Crippen LogP contribution in [0.15, 0.2) is 0 Å². The van der Waals surface area contributed by atoms with Crippen molar-refractivity contribution in [2.75, 3.05) is 13.1 Å². The van der Waals surface area contributed by atoms with Crippen molar-refractivity contribution in [3.63, 3.8) is 0 Å². The summed E-state index contributed by atoms with van der Waals surface area (Å²) < 4.78 is 0. The number of hydrogen-bond donors (Lipinski definition) is 1. The van der Waals surface area contributed by atoms with Crippen molar-refractivity contribution in [2.24, 2.45) is 16.7 Å². The second-order valence-electron chi connectivity index (χ2n) is 5.75. The van der Waals surface area contributed by atoms with Crippen LogP contribution < -0.4 is 5.32 Å². The van der Waals surface area contributed by atoms with Crippen LogP contribution in [0.2, 0.25) is 0 Å². The molecule has 0 bridgehead atoms. The minimum Gasteiger partial charge on any atom is -0.316 e. The van der Waals surface area contributed by atoms with Gasteiger partial charge in [0.15, 0.2) is 0 Å². The molecule has 1 heteroatoms. The first kappa shape index (κ1) is 8.55. The molecule has 1 aliphatic heterocycles. The minimum atomic E-state index is 0.532. The summed E-state index contributed by atoms with van der Waals surface area (Å²) in [5.41, 5.74) is 1.24. The molecule has 1 spiro atoms. The third kappa shape index (κ3) is 1.10. The van der Waals surface area contributed by atoms with Crippen LogP contribution in [0.1, 0.15) is 40.0 Å². The van der Waals surface area contributed by atoms with Crippen LogP contribution >= 0.6 is 0 Å². The molecule has 0 aromatic carbocycles. The number of rotatable bonds is 0. The van der Waals surface area contributed by atoms with Crippen LogP contribution in [0.25, 0.3) is 0 Å². The third-order valence-corrected chi connectivity index (χ3v) is 3.99. The molecule has 2 aliphatic rings. The maximum Gasteiger partial charge on any atom is 0.00111 e. The Morgan fingerprint density at radius 1 is 1.25 bits per heavy atom. The van der Waals surface area contributed by atoms with E-state index >= 15 is 0 Å². The molecule has 0 radical (unpaired) electrons. The van der Waals surface area contributed by atoms with Gasteiger partial charge in [-0.3, -0.25) is 0 Å². The molecule has 2 rings (SSSR count). The van der Waals surface area contributed by atoms with E-state index in [2.05, 4.69) is 26.1 Å². The summed E-state index contributed by atoms with van der Waals surface area (Å²) in [4.78, 5) is 0. The quantitative estimate of drug-likeness (QED) is 0.584. The van der Waals surface area contributed by atoms with Crippen LogP contribution in [0.4, 0.5) is 0 Å². The lowest BCUT2D eigenvalue weighted by molar-refractivity contribution is -0.0302. The summed E-state index contributed by atoms with van der Waals surface area (Å²) in [6.45, 7) is 9.74. The first-order valence-electron chi connectivity index (χ1n) is 5.25. The largest absolute Gasteiger partial charge is 0.316 e. The Labute approximate surface area is 75.9 Å². The normalized spacial score (nSPS) is 41.8. The van der Waals surface area contributed by atoms with Crippen LogP contribution in [-0.2, 0) is 0 Å². The molecule has 0 amide bonds. The Bertz CT molecular complexity index is 172. The summed E-state index contributed by atoms with van der Waals surface area (Å²) in [6.07, 6.45) is 4.36. The lowest BCUT2D eigenvalue weighted by atomic mass is 9.51. The van der Waals surface area contributed by atoms with Crippen molar-refractivity contribution < 1.29 is 0 Å². The van der Waals surface area contributed by atoms with E-state index in [1.165, 1.54) is 32.4 Å². The van der Waals surface area contributed by atoms with Gasteiger partial charge < -0.3 is 5.32 Å². The molecular formula is C11H21N. The predicted octanol–water partition coefficient (Wildman–Crippen LogP) is 2.42. The van der Waals surface area contributed by atoms with Gasteiger partial charge >= 0.3 is 0 Å². The maximum absolute atomic E-state index is 3.52. The fraction of sp³-hybridized carbons (Fsp3) is 1.00. The fourth-order valence-electron chi connectivity index (χ4n) is 3.32. The third-order valence-electron chi connectivity index (χ3n) is 3.99. The van der Waals surface area contributed by atoms with Crippen molar-refractivity contribution in [3.05, 3.63) is 0 Å². The van der Waals surface area contributed by atoms with E-state index in [0.29, 0.717) is 10.8 Å². The van der Waals surface area contributed by atoms with Gasteiger partial charge in [-0.1, -0.05) is 20.8 Å². The second-order valence-corrected chi connectivity index (χ2v) is 5.75. The fourth-order valence-corrected chi connectivity index (χ4v) is 3.32. The Balaban J connectivity index is 2.09. The Morgan fingerprint density at radius 3 is 2.33 bits per heavy atom. The molecule has 2 atom stereocenters.